The van der Waals surface area contributed by atoms with Crippen LogP contribution in [0.5, 0.6) is 0 Å². The smallest absolute Gasteiger partial charge is 0.307 e. The van der Waals surface area contributed by atoms with Gasteiger partial charge >= 0.3 is 5.97 Å². The minimum Gasteiger partial charge on any atom is -0.481 e. The average Bonchev–Trinajstić information content (AvgIpc) is 2.99. The molecule has 0 saturated heterocycles. The number of thiophene rings is 1. The van der Waals surface area contributed by atoms with Gasteiger partial charge in [0.05, 0.1) is 17.4 Å². The first-order valence-corrected chi connectivity index (χ1v) is 10.7. The monoisotopic (exact) mass is 392 g/mol. The molecule has 27 heavy (non-hydrogen) atoms. The topological polar surface area (TPSA) is 109 Å². The van der Waals surface area contributed by atoms with Crippen LogP contribution in [0.1, 0.15) is 72.7 Å². The minimum atomic E-state index is -0.919. The van der Waals surface area contributed by atoms with E-state index < -0.39 is 23.7 Å². The Kier molecular flexibility index (Phi) is 6.19. The van der Waals surface area contributed by atoms with Crippen molar-refractivity contribution in [3.8, 4) is 0 Å². The number of carbonyl (C=O) groups is 3. The maximum atomic E-state index is 12.8. The highest BCUT2D eigenvalue weighted by atomic mass is 32.1. The van der Waals surface area contributed by atoms with Crippen LogP contribution in [-0.4, -0.2) is 22.9 Å². The Labute approximate surface area is 163 Å². The van der Waals surface area contributed by atoms with Gasteiger partial charge in [-0.15, -0.1) is 11.3 Å². The van der Waals surface area contributed by atoms with Gasteiger partial charge in [-0.3, -0.25) is 14.4 Å². The number of nitrogens with two attached hydrogens (primary N) is 1. The van der Waals surface area contributed by atoms with Crippen molar-refractivity contribution in [2.45, 2.75) is 64.7 Å². The fourth-order valence-electron chi connectivity index (χ4n) is 4.60. The van der Waals surface area contributed by atoms with Gasteiger partial charge in [-0.05, 0) is 43.6 Å². The normalized spacial score (nSPS) is 24.9. The molecule has 0 aromatic carbocycles. The summed E-state index contributed by atoms with van der Waals surface area (Å²) in [6.07, 6.45) is 7.84. The number of nitrogens with one attached hydrogen (secondary N) is 1. The van der Waals surface area contributed by atoms with E-state index in [-0.39, 0.29) is 5.91 Å². The van der Waals surface area contributed by atoms with Crippen molar-refractivity contribution in [3.05, 3.63) is 16.0 Å². The van der Waals surface area contributed by atoms with Gasteiger partial charge < -0.3 is 16.2 Å². The first kappa shape index (κ1) is 19.9. The largest absolute Gasteiger partial charge is 0.481 e. The van der Waals surface area contributed by atoms with Crippen LogP contribution in [0.15, 0.2) is 0 Å². The van der Waals surface area contributed by atoms with E-state index in [4.69, 9.17) is 5.73 Å². The van der Waals surface area contributed by atoms with Gasteiger partial charge in [0.25, 0.3) is 5.91 Å². The lowest BCUT2D eigenvalue weighted by atomic mass is 9.78. The third kappa shape index (κ3) is 4.18. The molecule has 6 nitrogen and oxygen atoms in total. The molecule has 3 rings (SSSR count). The van der Waals surface area contributed by atoms with Crippen molar-refractivity contribution in [1.82, 2.24) is 0 Å². The minimum absolute atomic E-state index is 0.298. The lowest BCUT2D eigenvalue weighted by molar-refractivity contribution is -0.147. The number of fused-ring (bicyclic) bond motifs is 1. The fraction of sp³-hybridized carbons (Fsp3) is 0.650. The molecule has 0 radical (unpaired) electrons. The van der Waals surface area contributed by atoms with Gasteiger partial charge in [-0.25, -0.2) is 0 Å². The Balaban J connectivity index is 1.83. The maximum absolute atomic E-state index is 12.8. The lowest BCUT2D eigenvalue weighted by Gasteiger charge is -2.27. The number of hydrogen-bond acceptors (Lipinski definition) is 4. The zero-order chi connectivity index (χ0) is 19.6. The molecule has 1 fully saturated rings. The van der Waals surface area contributed by atoms with Crippen LogP contribution in [-0.2, 0) is 22.4 Å². The highest BCUT2D eigenvalue weighted by Crippen LogP contribution is 2.41. The van der Waals surface area contributed by atoms with Crippen LogP contribution in [0, 0.1) is 17.8 Å². The van der Waals surface area contributed by atoms with Crippen LogP contribution in [0.25, 0.3) is 0 Å². The molecule has 1 aromatic heterocycles. The predicted molar refractivity (Wildman–Crippen MR) is 105 cm³/mol. The van der Waals surface area contributed by atoms with E-state index in [1.807, 2.05) is 0 Å². The van der Waals surface area contributed by atoms with E-state index in [2.05, 4.69) is 12.2 Å². The summed E-state index contributed by atoms with van der Waals surface area (Å²) < 4.78 is 0. The van der Waals surface area contributed by atoms with Crippen LogP contribution in [0.3, 0.4) is 0 Å². The molecule has 1 heterocycles. The number of primary amides is 1. The van der Waals surface area contributed by atoms with E-state index in [0.717, 1.165) is 55.4 Å². The molecule has 0 spiro atoms. The third-order valence-corrected chi connectivity index (χ3v) is 7.14. The average molecular weight is 393 g/mol. The molecule has 2 aliphatic carbocycles. The Morgan fingerprint density at radius 1 is 1.19 bits per heavy atom. The van der Waals surface area contributed by atoms with E-state index >= 15 is 0 Å². The summed E-state index contributed by atoms with van der Waals surface area (Å²) in [4.78, 5) is 37.5. The molecule has 1 saturated carbocycles. The summed E-state index contributed by atoms with van der Waals surface area (Å²) in [7, 11) is 0. The molecule has 1 aromatic rings. The second-order valence-electron chi connectivity index (χ2n) is 7.79. The Morgan fingerprint density at radius 3 is 2.52 bits per heavy atom. The Morgan fingerprint density at radius 2 is 1.89 bits per heavy atom. The summed E-state index contributed by atoms with van der Waals surface area (Å²) in [5, 5.41) is 12.8. The van der Waals surface area contributed by atoms with E-state index in [1.54, 1.807) is 0 Å². The number of carboxylic acid groups (broad SMARTS) is 1. The van der Waals surface area contributed by atoms with Crippen LogP contribution in [0.2, 0.25) is 0 Å². The summed E-state index contributed by atoms with van der Waals surface area (Å²) >= 11 is 1.44. The number of carboxylic acids is 1. The number of carbonyl (C=O) groups excluding carboxylic acids is 2. The molecule has 7 heteroatoms. The third-order valence-electron chi connectivity index (χ3n) is 5.97. The van der Waals surface area contributed by atoms with Gasteiger partial charge in [0, 0.05) is 4.88 Å². The number of amides is 2. The predicted octanol–water partition coefficient (Wildman–Crippen LogP) is 3.58. The highest BCUT2D eigenvalue weighted by Gasteiger charge is 2.37. The SMILES string of the molecule is CCC[C@@H]1CCc2c(sc(NC(=O)[C@H]3CCCC[C@@H]3C(=O)O)c2C(N)=O)C1. The molecule has 0 aliphatic heterocycles. The van der Waals surface area contributed by atoms with Gasteiger partial charge in [-0.2, -0.15) is 0 Å². The molecular formula is C20H28N2O4S. The molecule has 0 unspecified atom stereocenters. The van der Waals surface area contributed by atoms with Crippen molar-refractivity contribution >= 4 is 34.1 Å². The van der Waals surface area contributed by atoms with Crippen molar-refractivity contribution in [2.24, 2.45) is 23.5 Å². The standard InChI is InChI=1S/C20H28N2O4S/c1-2-5-11-8-9-14-15(10-11)27-19(16(14)17(21)23)22-18(24)12-6-3-4-7-13(12)20(25)26/h11-13H,2-10H2,1H3,(H2,21,23)(H,22,24)(H,25,26)/t11-,12+,13+/m1/s1. The fourth-order valence-corrected chi connectivity index (χ4v) is 5.97. The van der Waals surface area contributed by atoms with Crippen LogP contribution >= 0.6 is 11.3 Å². The zero-order valence-corrected chi connectivity index (χ0v) is 16.6. The summed E-state index contributed by atoms with van der Waals surface area (Å²) in [5.74, 6) is -2.33. The van der Waals surface area contributed by atoms with Crippen molar-refractivity contribution in [2.75, 3.05) is 5.32 Å². The Hall–Kier alpha value is -1.89. The van der Waals surface area contributed by atoms with Crippen LogP contribution in [0.4, 0.5) is 5.00 Å². The van der Waals surface area contributed by atoms with Crippen molar-refractivity contribution < 1.29 is 19.5 Å². The molecule has 148 valence electrons. The lowest BCUT2D eigenvalue weighted by Crippen LogP contribution is -2.36. The Bertz CT molecular complexity index is 743. The number of anilines is 1. The van der Waals surface area contributed by atoms with Crippen LogP contribution < -0.4 is 11.1 Å². The number of rotatable bonds is 6. The van der Waals surface area contributed by atoms with E-state index in [1.165, 1.54) is 11.3 Å². The van der Waals surface area contributed by atoms with Crippen molar-refractivity contribution in [3.63, 3.8) is 0 Å². The quantitative estimate of drug-likeness (QED) is 0.687. The zero-order valence-electron chi connectivity index (χ0n) is 15.8. The second-order valence-corrected chi connectivity index (χ2v) is 8.90. The molecule has 2 amide bonds. The van der Waals surface area contributed by atoms with Gasteiger partial charge in [0.15, 0.2) is 0 Å². The first-order chi connectivity index (χ1) is 12.9. The molecular weight excluding hydrogens is 364 g/mol. The highest BCUT2D eigenvalue weighted by molar-refractivity contribution is 7.17. The number of hydrogen-bond donors (Lipinski definition) is 3. The van der Waals surface area contributed by atoms with E-state index in [0.29, 0.717) is 29.3 Å². The molecule has 3 atom stereocenters. The molecule has 0 bridgehead atoms. The maximum Gasteiger partial charge on any atom is 0.307 e. The second kappa shape index (κ2) is 8.42. The van der Waals surface area contributed by atoms with Gasteiger partial charge in [0.2, 0.25) is 5.91 Å². The number of aliphatic carboxylic acids is 1. The van der Waals surface area contributed by atoms with Crippen molar-refractivity contribution in [1.29, 1.82) is 0 Å². The van der Waals surface area contributed by atoms with Gasteiger partial charge in [-0.1, -0.05) is 32.6 Å². The molecule has 4 N–H and O–H groups in total. The summed E-state index contributed by atoms with van der Waals surface area (Å²) in [6, 6.07) is 0. The summed E-state index contributed by atoms with van der Waals surface area (Å²) in [5.41, 5.74) is 7.04. The van der Waals surface area contributed by atoms with Gasteiger partial charge in [0.1, 0.15) is 5.00 Å². The van der Waals surface area contributed by atoms with E-state index in [9.17, 15) is 19.5 Å². The first-order valence-electron chi connectivity index (χ1n) is 9.90. The molecule has 2 aliphatic rings. The summed E-state index contributed by atoms with van der Waals surface area (Å²) in [6.45, 7) is 2.17.